The maximum Gasteiger partial charge on any atom is 0.396 e. The molecule has 0 spiro atoms. The molecule has 0 aliphatic rings. The smallest absolute Gasteiger partial charge is 0.396 e. The van der Waals surface area contributed by atoms with E-state index in [1.54, 1.807) is 13.8 Å². The van der Waals surface area contributed by atoms with Gasteiger partial charge in [0.25, 0.3) is 0 Å². The Morgan fingerprint density at radius 1 is 1.29 bits per heavy atom. The zero-order valence-electron chi connectivity index (χ0n) is 9.97. The summed E-state index contributed by atoms with van der Waals surface area (Å²) in [6.45, 7) is 3.81. The lowest BCUT2D eigenvalue weighted by atomic mass is 10.5. The Labute approximate surface area is 99.4 Å². The number of rotatable bonds is 6. The van der Waals surface area contributed by atoms with Gasteiger partial charge in [-0.2, -0.15) is 0 Å². The van der Waals surface area contributed by atoms with E-state index in [1.807, 2.05) is 0 Å². The van der Waals surface area contributed by atoms with Crippen LogP contribution >= 0.6 is 7.60 Å². The predicted molar refractivity (Wildman–Crippen MR) is 60.5 cm³/mol. The molecular formula is C10H15O6P. The molecule has 96 valence electrons. The number of hydrogen-bond donors (Lipinski definition) is 0. The second-order valence-electron chi connectivity index (χ2n) is 2.96. The number of esters is 1. The number of carbonyl (C=O) groups is 1. The van der Waals surface area contributed by atoms with Crippen molar-refractivity contribution in [2.45, 2.75) is 13.8 Å². The normalized spacial score (nSPS) is 11.5. The van der Waals surface area contributed by atoms with Crippen LogP contribution in [-0.2, 0) is 18.3 Å². The molecule has 7 heteroatoms. The molecule has 6 nitrogen and oxygen atoms in total. The van der Waals surface area contributed by atoms with Gasteiger partial charge in [-0.1, -0.05) is 0 Å². The molecule has 0 fully saturated rings. The molecule has 1 aromatic rings. The minimum absolute atomic E-state index is 0.00148. The maximum absolute atomic E-state index is 12.2. The molecule has 0 aliphatic heterocycles. The van der Waals surface area contributed by atoms with E-state index in [0.29, 0.717) is 0 Å². The van der Waals surface area contributed by atoms with Crippen LogP contribution in [0.4, 0.5) is 0 Å². The Balaban J connectivity index is 3.00. The van der Waals surface area contributed by atoms with Gasteiger partial charge in [-0.15, -0.1) is 0 Å². The molecule has 0 aromatic carbocycles. The van der Waals surface area contributed by atoms with Gasteiger partial charge < -0.3 is 18.2 Å². The minimum Gasteiger partial charge on any atom is -0.463 e. The van der Waals surface area contributed by atoms with Crippen molar-refractivity contribution < 1.29 is 27.6 Å². The molecule has 17 heavy (non-hydrogen) atoms. The highest BCUT2D eigenvalue weighted by Crippen LogP contribution is 2.47. The number of carbonyl (C=O) groups excluding carboxylic acids is 1. The Bertz CT molecular complexity index is 414. The molecule has 1 aromatic heterocycles. The van der Waals surface area contributed by atoms with Crippen LogP contribution in [0, 0.1) is 0 Å². The van der Waals surface area contributed by atoms with E-state index in [-0.39, 0.29) is 24.5 Å². The second-order valence-corrected chi connectivity index (χ2v) is 4.91. The molecule has 1 rings (SSSR count). The predicted octanol–water partition coefficient (Wildman–Crippen LogP) is 1.96. The Kier molecular flexibility index (Phi) is 4.93. The molecule has 0 atom stereocenters. The SMILES string of the molecule is CCOP(=O)(OCC)c1ccc(C(=O)OC)o1. The molecular weight excluding hydrogens is 247 g/mol. The molecule has 0 unspecified atom stereocenters. The summed E-state index contributed by atoms with van der Waals surface area (Å²) in [4.78, 5) is 11.2. The van der Waals surface area contributed by atoms with E-state index in [9.17, 15) is 9.36 Å². The van der Waals surface area contributed by atoms with E-state index < -0.39 is 13.6 Å². The zero-order chi connectivity index (χ0) is 12.9. The fourth-order valence-corrected chi connectivity index (χ4v) is 2.67. The number of methoxy groups -OCH3 is 1. The summed E-state index contributed by atoms with van der Waals surface area (Å²) >= 11 is 0. The third kappa shape index (κ3) is 3.19. The van der Waals surface area contributed by atoms with Gasteiger partial charge in [-0.3, -0.25) is 4.57 Å². The Morgan fingerprint density at radius 3 is 2.35 bits per heavy atom. The molecule has 0 amide bonds. The lowest BCUT2D eigenvalue weighted by Crippen LogP contribution is -2.09. The molecule has 0 bridgehead atoms. The first kappa shape index (κ1) is 14.0. The highest BCUT2D eigenvalue weighted by Gasteiger charge is 2.31. The van der Waals surface area contributed by atoms with Crippen molar-refractivity contribution in [2.24, 2.45) is 0 Å². The van der Waals surface area contributed by atoms with E-state index in [0.717, 1.165) is 0 Å². The molecule has 0 saturated heterocycles. The highest BCUT2D eigenvalue weighted by atomic mass is 31.2. The summed E-state index contributed by atoms with van der Waals surface area (Å²) in [6, 6.07) is 2.75. The van der Waals surface area contributed by atoms with Crippen LogP contribution in [0.5, 0.6) is 0 Å². The lowest BCUT2D eigenvalue weighted by Gasteiger charge is -2.13. The lowest BCUT2D eigenvalue weighted by molar-refractivity contribution is 0.0566. The van der Waals surface area contributed by atoms with Crippen molar-refractivity contribution in [3.05, 3.63) is 17.9 Å². The van der Waals surface area contributed by atoms with Gasteiger partial charge >= 0.3 is 13.6 Å². The standard InChI is InChI=1S/C10H15O6P/c1-4-14-17(12,15-5-2)9-7-6-8(16-9)10(11)13-3/h6-7H,4-5H2,1-3H3. The molecule has 0 saturated carbocycles. The van der Waals surface area contributed by atoms with E-state index >= 15 is 0 Å². The number of hydrogen-bond acceptors (Lipinski definition) is 6. The van der Waals surface area contributed by atoms with Gasteiger partial charge in [0, 0.05) is 0 Å². The monoisotopic (exact) mass is 262 g/mol. The van der Waals surface area contributed by atoms with Crippen molar-refractivity contribution in [3.63, 3.8) is 0 Å². The van der Waals surface area contributed by atoms with Crippen LogP contribution in [0.25, 0.3) is 0 Å². The minimum atomic E-state index is -3.48. The Morgan fingerprint density at radius 2 is 1.88 bits per heavy atom. The van der Waals surface area contributed by atoms with Crippen LogP contribution in [0.3, 0.4) is 0 Å². The summed E-state index contributed by atoms with van der Waals surface area (Å²) < 4.78 is 32.0. The van der Waals surface area contributed by atoms with Gasteiger partial charge in [0.15, 0.2) is 0 Å². The quantitative estimate of drug-likeness (QED) is 0.576. The van der Waals surface area contributed by atoms with Crippen molar-refractivity contribution in [1.82, 2.24) is 0 Å². The van der Waals surface area contributed by atoms with Crippen LogP contribution < -0.4 is 5.50 Å². The number of furan rings is 1. The topological polar surface area (TPSA) is 75.0 Å². The molecule has 0 N–H and O–H groups in total. The first-order valence-electron chi connectivity index (χ1n) is 5.15. The van der Waals surface area contributed by atoms with Crippen LogP contribution in [-0.4, -0.2) is 26.3 Å². The van der Waals surface area contributed by atoms with Gasteiger partial charge in [0.2, 0.25) is 11.3 Å². The molecule has 0 aliphatic carbocycles. The summed E-state index contributed by atoms with van der Waals surface area (Å²) in [5.41, 5.74) is 0.00148. The summed E-state index contributed by atoms with van der Waals surface area (Å²) in [5.74, 6) is -0.682. The van der Waals surface area contributed by atoms with Gasteiger partial charge in [-0.05, 0) is 26.0 Å². The summed E-state index contributed by atoms with van der Waals surface area (Å²) in [7, 11) is -2.24. The first-order chi connectivity index (χ1) is 8.07. The Hall–Kier alpha value is -1.10. The van der Waals surface area contributed by atoms with E-state index in [2.05, 4.69) is 4.74 Å². The zero-order valence-corrected chi connectivity index (χ0v) is 10.9. The average Bonchev–Trinajstić information content (AvgIpc) is 2.78. The highest BCUT2D eigenvalue weighted by molar-refractivity contribution is 7.61. The third-order valence-corrected chi connectivity index (χ3v) is 3.82. The fraction of sp³-hybridized carbons (Fsp3) is 0.500. The summed E-state index contributed by atoms with van der Waals surface area (Å²) in [5, 5.41) is 0. The van der Waals surface area contributed by atoms with Gasteiger partial charge in [0.05, 0.1) is 20.3 Å². The largest absolute Gasteiger partial charge is 0.463 e. The van der Waals surface area contributed by atoms with E-state index in [4.69, 9.17) is 13.5 Å². The second kappa shape index (κ2) is 6.00. The number of ether oxygens (including phenoxy) is 1. The van der Waals surface area contributed by atoms with Crippen LogP contribution in [0.2, 0.25) is 0 Å². The first-order valence-corrected chi connectivity index (χ1v) is 6.69. The average molecular weight is 262 g/mol. The van der Waals surface area contributed by atoms with Crippen LogP contribution in [0.1, 0.15) is 24.4 Å². The van der Waals surface area contributed by atoms with Crippen LogP contribution in [0.15, 0.2) is 16.5 Å². The van der Waals surface area contributed by atoms with E-state index in [1.165, 1.54) is 19.2 Å². The fourth-order valence-electron chi connectivity index (χ4n) is 1.19. The summed E-state index contributed by atoms with van der Waals surface area (Å²) in [6.07, 6.45) is 0. The molecule has 0 radical (unpaired) electrons. The van der Waals surface area contributed by atoms with Crippen molar-refractivity contribution >= 4 is 19.1 Å². The maximum atomic E-state index is 12.2. The third-order valence-electron chi connectivity index (χ3n) is 1.85. The van der Waals surface area contributed by atoms with Gasteiger partial charge in [-0.25, -0.2) is 4.79 Å². The van der Waals surface area contributed by atoms with Crippen molar-refractivity contribution in [3.8, 4) is 0 Å². The van der Waals surface area contributed by atoms with Crippen molar-refractivity contribution in [2.75, 3.05) is 20.3 Å². The molecule has 1 heterocycles. The van der Waals surface area contributed by atoms with Crippen molar-refractivity contribution in [1.29, 1.82) is 0 Å². The van der Waals surface area contributed by atoms with Gasteiger partial charge in [0.1, 0.15) is 0 Å².